The maximum absolute atomic E-state index is 12.1. The van der Waals surface area contributed by atoms with E-state index in [0.29, 0.717) is 24.1 Å². The van der Waals surface area contributed by atoms with Gasteiger partial charge in [0.25, 0.3) is 0 Å². The van der Waals surface area contributed by atoms with Crippen LogP contribution in [0.5, 0.6) is 0 Å². The van der Waals surface area contributed by atoms with Crippen LogP contribution >= 0.6 is 15.9 Å². The molecule has 0 saturated carbocycles. The van der Waals surface area contributed by atoms with Gasteiger partial charge in [0, 0.05) is 39.1 Å². The van der Waals surface area contributed by atoms with Crippen molar-refractivity contribution in [3.63, 3.8) is 0 Å². The molecule has 8 nitrogen and oxygen atoms in total. The highest BCUT2D eigenvalue weighted by atomic mass is 79.9. The summed E-state index contributed by atoms with van der Waals surface area (Å²) in [6.45, 7) is 2.52. The zero-order chi connectivity index (χ0) is 19.3. The van der Waals surface area contributed by atoms with Crippen LogP contribution in [0.3, 0.4) is 0 Å². The summed E-state index contributed by atoms with van der Waals surface area (Å²) in [6, 6.07) is 6.49. The molecule has 142 valence electrons. The number of nitrogens with zero attached hydrogens (tertiary/aromatic N) is 3. The molecule has 1 atom stereocenters. The Morgan fingerprint density at radius 2 is 1.92 bits per heavy atom. The third-order valence-electron chi connectivity index (χ3n) is 3.43. The van der Waals surface area contributed by atoms with Crippen LogP contribution in [-0.2, 0) is 14.8 Å². The molecule has 0 aliphatic carbocycles. The van der Waals surface area contributed by atoms with Gasteiger partial charge in [0.15, 0.2) is 0 Å². The van der Waals surface area contributed by atoms with Gasteiger partial charge in [-0.15, -0.1) is 0 Å². The first-order valence-corrected chi connectivity index (χ1v) is 10.0. The van der Waals surface area contributed by atoms with Crippen molar-refractivity contribution in [2.24, 2.45) is 0 Å². The van der Waals surface area contributed by atoms with Crippen molar-refractivity contribution in [3.05, 3.63) is 34.9 Å². The van der Waals surface area contributed by atoms with Gasteiger partial charge >= 0.3 is 0 Å². The summed E-state index contributed by atoms with van der Waals surface area (Å²) in [6.07, 6.45) is 1.64. The highest BCUT2D eigenvalue weighted by Gasteiger charge is 2.16. The quantitative estimate of drug-likeness (QED) is 0.646. The summed E-state index contributed by atoms with van der Waals surface area (Å²) < 4.78 is 31.2. The molecule has 2 rings (SSSR count). The highest BCUT2D eigenvalue weighted by molar-refractivity contribution is 9.10. The number of ether oxygens (including phenoxy) is 1. The van der Waals surface area contributed by atoms with Gasteiger partial charge in [-0.2, -0.15) is 4.98 Å². The molecule has 26 heavy (non-hydrogen) atoms. The van der Waals surface area contributed by atoms with E-state index in [1.165, 1.54) is 30.5 Å². The van der Waals surface area contributed by atoms with E-state index in [0.717, 1.165) is 4.47 Å². The van der Waals surface area contributed by atoms with E-state index in [4.69, 9.17) is 4.74 Å². The van der Waals surface area contributed by atoms with Gasteiger partial charge < -0.3 is 15.4 Å². The van der Waals surface area contributed by atoms with Crippen LogP contribution in [0.25, 0.3) is 0 Å². The number of hydrogen-bond donors (Lipinski definition) is 2. The number of methoxy groups -OCH3 is 1. The van der Waals surface area contributed by atoms with E-state index in [-0.39, 0.29) is 10.9 Å². The van der Waals surface area contributed by atoms with Gasteiger partial charge in [0.05, 0.1) is 16.0 Å². The van der Waals surface area contributed by atoms with E-state index >= 15 is 0 Å². The van der Waals surface area contributed by atoms with Crippen molar-refractivity contribution in [3.8, 4) is 0 Å². The molecule has 0 unspecified atom stereocenters. The fourth-order valence-electron chi connectivity index (χ4n) is 2.10. The van der Waals surface area contributed by atoms with Crippen molar-refractivity contribution in [1.82, 2.24) is 14.3 Å². The third kappa shape index (κ3) is 5.13. The van der Waals surface area contributed by atoms with Crippen LogP contribution in [0.2, 0.25) is 0 Å². The molecule has 0 amide bonds. The van der Waals surface area contributed by atoms with Gasteiger partial charge in [-0.05, 0) is 47.1 Å². The lowest BCUT2D eigenvalue weighted by Gasteiger charge is -2.15. The number of anilines is 3. The molecule has 2 N–H and O–H groups in total. The minimum absolute atomic E-state index is 0.0783. The summed E-state index contributed by atoms with van der Waals surface area (Å²) in [4.78, 5) is 8.87. The number of nitrogens with one attached hydrogen (secondary N) is 2. The first kappa shape index (κ1) is 20.6. The lowest BCUT2D eigenvalue weighted by molar-refractivity contribution is 0.190. The van der Waals surface area contributed by atoms with E-state index in [2.05, 4.69) is 36.5 Å². The highest BCUT2D eigenvalue weighted by Crippen LogP contribution is 2.23. The lowest BCUT2D eigenvalue weighted by atomic mass is 10.3. The fourth-order valence-corrected chi connectivity index (χ4v) is 3.31. The van der Waals surface area contributed by atoms with Crippen molar-refractivity contribution in [2.45, 2.75) is 17.9 Å². The second-order valence-corrected chi connectivity index (χ2v) is 8.83. The number of rotatable bonds is 8. The Labute approximate surface area is 162 Å². The van der Waals surface area contributed by atoms with Crippen molar-refractivity contribution >= 4 is 43.4 Å². The molecule has 0 radical (unpaired) electrons. The zero-order valence-electron chi connectivity index (χ0n) is 15.0. The molecule has 2 aromatic rings. The van der Waals surface area contributed by atoms with Crippen LogP contribution < -0.4 is 10.6 Å². The molecule has 1 aromatic heterocycles. The second-order valence-electron chi connectivity index (χ2n) is 5.83. The van der Waals surface area contributed by atoms with Gasteiger partial charge in [0.1, 0.15) is 5.82 Å². The number of hydrogen-bond acceptors (Lipinski definition) is 7. The summed E-state index contributed by atoms with van der Waals surface area (Å²) in [5.41, 5.74) is 0.681. The first-order valence-electron chi connectivity index (χ1n) is 7.81. The molecular weight excluding hydrogens is 422 g/mol. The topological polar surface area (TPSA) is 96.4 Å². The minimum atomic E-state index is -3.45. The first-order chi connectivity index (χ1) is 12.2. The Hall–Kier alpha value is -1.75. The number of halogens is 1. The van der Waals surface area contributed by atoms with Gasteiger partial charge in [-0.25, -0.2) is 17.7 Å². The normalized spacial score (nSPS) is 12.8. The van der Waals surface area contributed by atoms with Crippen molar-refractivity contribution in [2.75, 3.05) is 38.4 Å². The molecule has 0 fully saturated rings. The van der Waals surface area contributed by atoms with Crippen molar-refractivity contribution in [1.29, 1.82) is 0 Å². The Morgan fingerprint density at radius 1 is 1.27 bits per heavy atom. The van der Waals surface area contributed by atoms with Gasteiger partial charge in [-0.3, -0.25) is 0 Å². The van der Waals surface area contributed by atoms with E-state index in [1.807, 2.05) is 6.92 Å². The molecule has 1 aromatic carbocycles. The maximum Gasteiger partial charge on any atom is 0.242 e. The molecule has 0 spiro atoms. The summed E-state index contributed by atoms with van der Waals surface area (Å²) in [5.74, 6) is 1.03. The van der Waals surface area contributed by atoms with E-state index < -0.39 is 10.0 Å². The van der Waals surface area contributed by atoms with Gasteiger partial charge in [0.2, 0.25) is 16.0 Å². The molecule has 0 saturated heterocycles. The molecule has 10 heteroatoms. The Kier molecular flexibility index (Phi) is 6.93. The predicted molar refractivity (Wildman–Crippen MR) is 105 cm³/mol. The second kappa shape index (κ2) is 8.76. The summed E-state index contributed by atoms with van der Waals surface area (Å²) in [7, 11) is 1.18. The molecule has 0 aliphatic heterocycles. The monoisotopic (exact) mass is 443 g/mol. The van der Waals surface area contributed by atoms with Gasteiger partial charge in [-0.1, -0.05) is 0 Å². The average Bonchev–Trinajstić information content (AvgIpc) is 2.58. The van der Waals surface area contributed by atoms with E-state index in [9.17, 15) is 8.42 Å². The predicted octanol–water partition coefficient (Wildman–Crippen LogP) is 2.68. The van der Waals surface area contributed by atoms with Crippen LogP contribution in [0.4, 0.5) is 17.5 Å². The number of benzene rings is 1. The van der Waals surface area contributed by atoms with Crippen LogP contribution in [0, 0.1) is 0 Å². The molecular formula is C16H22BrN5O3S. The van der Waals surface area contributed by atoms with E-state index in [1.54, 1.807) is 25.4 Å². The summed E-state index contributed by atoms with van der Waals surface area (Å²) >= 11 is 3.41. The van der Waals surface area contributed by atoms with Crippen LogP contribution in [-0.4, -0.2) is 56.5 Å². The average molecular weight is 444 g/mol. The Bertz CT molecular complexity index is 843. The standard InChI is InChI=1S/C16H22BrN5O3S/c1-11(10-25-4)19-15-14(17)9-18-16(21-15)20-12-5-7-13(8-6-12)26(23,24)22(2)3/h5-9,11H,10H2,1-4H3,(H2,18,19,20,21)/t11-/m0/s1. The maximum atomic E-state index is 12.1. The van der Waals surface area contributed by atoms with Crippen LogP contribution in [0.1, 0.15) is 6.92 Å². The fraction of sp³-hybridized carbons (Fsp3) is 0.375. The minimum Gasteiger partial charge on any atom is -0.383 e. The smallest absolute Gasteiger partial charge is 0.242 e. The number of sulfonamides is 1. The molecule has 0 bridgehead atoms. The Morgan fingerprint density at radius 3 is 2.50 bits per heavy atom. The third-order valence-corrected chi connectivity index (χ3v) is 5.84. The Balaban J connectivity index is 2.16. The molecule has 1 heterocycles. The zero-order valence-corrected chi connectivity index (χ0v) is 17.4. The SMILES string of the molecule is COC[C@H](C)Nc1nc(Nc2ccc(S(=O)(=O)N(C)C)cc2)ncc1Br. The number of aromatic nitrogens is 2. The molecule has 0 aliphatic rings. The van der Waals surface area contributed by atoms with Crippen molar-refractivity contribution < 1.29 is 13.2 Å². The lowest BCUT2D eigenvalue weighted by Crippen LogP contribution is -2.22. The summed E-state index contributed by atoms with van der Waals surface area (Å²) in [5, 5.41) is 6.29. The van der Waals surface area contributed by atoms with Crippen LogP contribution in [0.15, 0.2) is 39.8 Å². The largest absolute Gasteiger partial charge is 0.383 e.